The first kappa shape index (κ1) is 17.4. The molecule has 1 heterocycles. The maximum absolute atomic E-state index is 13.7. The van der Waals surface area contributed by atoms with E-state index in [2.05, 4.69) is 15.9 Å². The van der Waals surface area contributed by atoms with Crippen LogP contribution in [0.3, 0.4) is 0 Å². The molecule has 3 aromatic rings. The number of carbonyl (C=O) groups is 2. The van der Waals surface area contributed by atoms with Crippen molar-refractivity contribution in [2.45, 2.75) is 10.8 Å². The van der Waals surface area contributed by atoms with Crippen molar-refractivity contribution in [2.24, 2.45) is 11.8 Å². The Balaban J connectivity index is 1.63. The van der Waals surface area contributed by atoms with Gasteiger partial charge in [0.15, 0.2) is 0 Å². The molecule has 1 aliphatic heterocycles. The van der Waals surface area contributed by atoms with Gasteiger partial charge in [0, 0.05) is 10.4 Å². The zero-order valence-corrected chi connectivity index (χ0v) is 17.5. The summed E-state index contributed by atoms with van der Waals surface area (Å²) in [6.45, 7) is 0. The highest BCUT2D eigenvalue weighted by Gasteiger charge is 2.67. The number of anilines is 1. The maximum atomic E-state index is 13.7. The molecule has 3 aliphatic carbocycles. The lowest BCUT2D eigenvalue weighted by Gasteiger charge is -2.50. The summed E-state index contributed by atoms with van der Waals surface area (Å²) in [6.07, 6.45) is 0. The highest BCUT2D eigenvalue weighted by atomic mass is 79.9. The van der Waals surface area contributed by atoms with Gasteiger partial charge in [0.1, 0.15) is 4.87 Å². The van der Waals surface area contributed by atoms with Gasteiger partial charge in [-0.25, -0.2) is 4.90 Å². The van der Waals surface area contributed by atoms with Crippen molar-refractivity contribution < 1.29 is 9.59 Å². The van der Waals surface area contributed by atoms with Crippen LogP contribution in [0.25, 0.3) is 0 Å². The summed E-state index contributed by atoms with van der Waals surface area (Å²) in [7, 11) is 0. The van der Waals surface area contributed by atoms with E-state index in [0.29, 0.717) is 5.69 Å². The van der Waals surface area contributed by atoms with Crippen molar-refractivity contribution >= 4 is 45.0 Å². The van der Waals surface area contributed by atoms with E-state index in [-0.39, 0.29) is 17.7 Å². The van der Waals surface area contributed by atoms with E-state index in [9.17, 15) is 9.59 Å². The summed E-state index contributed by atoms with van der Waals surface area (Å²) in [5.41, 5.74) is 4.59. The number of alkyl halides is 1. The summed E-state index contributed by atoms with van der Waals surface area (Å²) < 4.78 is 0.820. The average Bonchev–Trinajstić information content (AvgIpc) is 3.00. The topological polar surface area (TPSA) is 37.4 Å². The van der Waals surface area contributed by atoms with Crippen LogP contribution < -0.4 is 4.90 Å². The van der Waals surface area contributed by atoms with Gasteiger partial charge in [0.25, 0.3) is 0 Å². The smallest absolute Gasteiger partial charge is 0.240 e. The second-order valence-electron chi connectivity index (χ2n) is 7.86. The van der Waals surface area contributed by atoms with Gasteiger partial charge in [-0.3, -0.25) is 9.59 Å². The van der Waals surface area contributed by atoms with Crippen molar-refractivity contribution in [3.8, 4) is 0 Å². The molecular weight excluding hydrogens is 450 g/mol. The lowest BCUT2D eigenvalue weighted by atomic mass is 9.54. The Hall–Kier alpha value is -2.43. The molecule has 3 aromatic carbocycles. The summed E-state index contributed by atoms with van der Waals surface area (Å²) >= 11 is 10.8. The number of imide groups is 1. The molecule has 4 aliphatic rings. The van der Waals surface area contributed by atoms with Crippen LogP contribution in [0.5, 0.6) is 0 Å². The van der Waals surface area contributed by atoms with E-state index >= 15 is 0 Å². The molecule has 0 radical (unpaired) electrons. The van der Waals surface area contributed by atoms with E-state index in [4.69, 9.17) is 11.6 Å². The molecule has 0 saturated carbocycles. The Kier molecular flexibility index (Phi) is 3.49. The quantitative estimate of drug-likeness (QED) is 0.367. The van der Waals surface area contributed by atoms with Gasteiger partial charge in [0.2, 0.25) is 11.8 Å². The van der Waals surface area contributed by atoms with E-state index in [1.54, 1.807) is 12.1 Å². The van der Waals surface area contributed by atoms with Crippen LogP contribution in [0.15, 0.2) is 77.3 Å². The van der Waals surface area contributed by atoms with Crippen LogP contribution in [-0.4, -0.2) is 11.8 Å². The van der Waals surface area contributed by atoms with Gasteiger partial charge in [-0.05, 0) is 40.5 Å². The predicted octanol–water partition coefficient (Wildman–Crippen LogP) is 5.20. The normalized spacial score (nSPS) is 28.9. The second kappa shape index (κ2) is 5.80. The molecule has 2 amide bonds. The molecule has 0 aromatic heterocycles. The first-order valence-corrected chi connectivity index (χ1v) is 10.7. The summed E-state index contributed by atoms with van der Waals surface area (Å²) in [4.78, 5) is 27.6. The highest BCUT2D eigenvalue weighted by Crippen LogP contribution is 2.65. The fourth-order valence-electron chi connectivity index (χ4n) is 5.55. The Morgan fingerprint density at radius 1 is 0.828 bits per heavy atom. The van der Waals surface area contributed by atoms with Crippen LogP contribution in [0.2, 0.25) is 0 Å². The van der Waals surface area contributed by atoms with Gasteiger partial charge in [-0.15, -0.1) is 11.6 Å². The SMILES string of the molecule is O=C1[C@@H]2C3c4ccccc4C(Cl)(c4ccccc43)[C@@H]2C(=O)N1c1cccc(Br)c1. The summed E-state index contributed by atoms with van der Waals surface area (Å²) in [5.74, 6) is -1.67. The monoisotopic (exact) mass is 463 g/mol. The van der Waals surface area contributed by atoms with E-state index in [1.807, 2.05) is 60.7 Å². The number of carbonyl (C=O) groups excluding carboxylic acids is 2. The standard InChI is InChI=1S/C24H15BrClNO2/c25-13-6-5-7-14(12-13)27-22(28)20-19-15-8-1-3-10-17(15)24(26,21(20)23(27)29)18-11-4-2-9-16(18)19/h1-12,19-21H/t19?,20-,21+,24?/m1/s1. The molecule has 3 nitrogen and oxygen atoms in total. The van der Waals surface area contributed by atoms with Gasteiger partial charge >= 0.3 is 0 Å². The molecule has 0 unspecified atom stereocenters. The maximum Gasteiger partial charge on any atom is 0.240 e. The molecule has 0 spiro atoms. The summed E-state index contributed by atoms with van der Waals surface area (Å²) in [6, 6.07) is 23.3. The fraction of sp³-hybridized carbons (Fsp3) is 0.167. The van der Waals surface area contributed by atoms with Crippen molar-refractivity contribution in [1.29, 1.82) is 0 Å². The van der Waals surface area contributed by atoms with Gasteiger partial charge in [-0.1, -0.05) is 70.5 Å². The first-order chi connectivity index (χ1) is 14.0. The predicted molar refractivity (Wildman–Crippen MR) is 115 cm³/mol. The second-order valence-corrected chi connectivity index (χ2v) is 9.37. The zero-order chi connectivity index (χ0) is 19.9. The molecule has 29 heavy (non-hydrogen) atoms. The minimum absolute atomic E-state index is 0.165. The molecular formula is C24H15BrClNO2. The van der Waals surface area contributed by atoms with Crippen LogP contribution in [0, 0.1) is 11.8 Å². The van der Waals surface area contributed by atoms with E-state index < -0.39 is 16.7 Å². The van der Waals surface area contributed by atoms with Gasteiger partial charge in [-0.2, -0.15) is 0 Å². The van der Waals surface area contributed by atoms with E-state index in [0.717, 1.165) is 26.7 Å². The molecule has 142 valence electrons. The molecule has 0 N–H and O–H groups in total. The van der Waals surface area contributed by atoms with Crippen LogP contribution in [0.4, 0.5) is 5.69 Å². The van der Waals surface area contributed by atoms with Crippen LogP contribution in [-0.2, 0) is 14.5 Å². The third-order valence-corrected chi connectivity index (χ3v) is 7.72. The minimum atomic E-state index is -1.04. The largest absolute Gasteiger partial charge is 0.274 e. The molecule has 7 rings (SSSR count). The summed E-state index contributed by atoms with van der Waals surface area (Å²) in [5, 5.41) is 0. The van der Waals surface area contributed by atoms with Crippen LogP contribution in [0.1, 0.15) is 28.2 Å². The Bertz CT molecular complexity index is 1180. The number of hydrogen-bond donors (Lipinski definition) is 0. The third-order valence-electron chi connectivity index (χ3n) is 6.58. The number of nitrogens with zero attached hydrogens (tertiary/aromatic N) is 1. The first-order valence-electron chi connectivity index (χ1n) is 9.54. The number of benzene rings is 3. The number of hydrogen-bond acceptors (Lipinski definition) is 2. The molecule has 1 fully saturated rings. The number of amides is 2. The number of rotatable bonds is 1. The van der Waals surface area contributed by atoms with Gasteiger partial charge in [0.05, 0.1) is 17.5 Å². The van der Waals surface area contributed by atoms with E-state index in [1.165, 1.54) is 4.90 Å². The Morgan fingerprint density at radius 2 is 1.45 bits per heavy atom. The lowest BCUT2D eigenvalue weighted by Crippen LogP contribution is -2.50. The van der Waals surface area contributed by atoms with Crippen LogP contribution >= 0.6 is 27.5 Å². The van der Waals surface area contributed by atoms with Crippen molar-refractivity contribution in [3.05, 3.63) is 99.5 Å². The molecule has 1 saturated heterocycles. The van der Waals surface area contributed by atoms with Crippen molar-refractivity contribution in [2.75, 3.05) is 4.90 Å². The third kappa shape index (κ3) is 2.03. The highest BCUT2D eigenvalue weighted by molar-refractivity contribution is 9.10. The number of halogens is 2. The molecule has 2 bridgehead atoms. The zero-order valence-electron chi connectivity index (χ0n) is 15.2. The minimum Gasteiger partial charge on any atom is -0.274 e. The van der Waals surface area contributed by atoms with Gasteiger partial charge < -0.3 is 0 Å². The average molecular weight is 465 g/mol. The molecule has 5 heteroatoms. The molecule has 2 atom stereocenters. The van der Waals surface area contributed by atoms with Crippen molar-refractivity contribution in [1.82, 2.24) is 0 Å². The Labute approximate surface area is 181 Å². The lowest BCUT2D eigenvalue weighted by molar-refractivity contribution is -0.122. The fourth-order valence-corrected chi connectivity index (χ4v) is 6.51. The Morgan fingerprint density at radius 3 is 2.07 bits per heavy atom. The van der Waals surface area contributed by atoms with Crippen molar-refractivity contribution in [3.63, 3.8) is 0 Å².